The molecule has 0 aliphatic rings. The van der Waals surface area contributed by atoms with Crippen LogP contribution in [0.2, 0.25) is 0 Å². The van der Waals surface area contributed by atoms with E-state index >= 15 is 0 Å². The third-order valence-corrected chi connectivity index (χ3v) is 0.903. The first-order valence-corrected chi connectivity index (χ1v) is 3.98. The van der Waals surface area contributed by atoms with Gasteiger partial charge in [0.25, 0.3) is 0 Å². The molecule has 5 heteroatoms. The fourth-order valence-corrected chi connectivity index (χ4v) is 0.427. The summed E-state index contributed by atoms with van der Waals surface area (Å²) in [5, 5.41) is 8.20. The van der Waals surface area contributed by atoms with Crippen LogP contribution in [0.3, 0.4) is 0 Å². The summed E-state index contributed by atoms with van der Waals surface area (Å²) in [5.41, 5.74) is 0. The van der Waals surface area contributed by atoms with Gasteiger partial charge in [0.2, 0.25) is 0 Å². The Hall–Kier alpha value is -0.200. The summed E-state index contributed by atoms with van der Waals surface area (Å²) in [7, 11) is 4.79. The molecule has 0 aliphatic heterocycles. The van der Waals surface area contributed by atoms with Crippen LogP contribution in [0, 0.1) is 0 Å². The van der Waals surface area contributed by atoms with Gasteiger partial charge in [-0.3, -0.25) is 0 Å². The van der Waals surface area contributed by atoms with E-state index in [4.69, 9.17) is 9.84 Å². The maximum Gasteiger partial charge on any atom is 0.145 e. The summed E-state index contributed by atoms with van der Waals surface area (Å²) in [6.07, 6.45) is 0. The lowest BCUT2D eigenvalue weighted by Crippen LogP contribution is -2.05. The molecule has 0 rings (SSSR count). The molecule has 0 spiro atoms. The van der Waals surface area contributed by atoms with Crippen LogP contribution in [0.15, 0.2) is 0 Å². The Morgan fingerprint density at radius 2 is 1.46 bits per heavy atom. The Morgan fingerprint density at radius 3 is 1.77 bits per heavy atom. The van der Waals surface area contributed by atoms with E-state index < -0.39 is 0 Å². The van der Waals surface area contributed by atoms with Crippen LogP contribution in [-0.2, 0) is 18.9 Å². The normalized spacial score (nSPS) is 9.23. The van der Waals surface area contributed by atoms with Gasteiger partial charge < -0.3 is 24.1 Å². The van der Waals surface area contributed by atoms with Crippen LogP contribution in [0.4, 0.5) is 0 Å². The molecule has 0 bridgehead atoms. The smallest absolute Gasteiger partial charge is 0.145 e. The van der Waals surface area contributed by atoms with E-state index in [-0.39, 0.29) is 6.61 Å². The molecule has 0 fully saturated rings. The molecular formula is C8H20O5. The van der Waals surface area contributed by atoms with Gasteiger partial charge >= 0.3 is 0 Å². The van der Waals surface area contributed by atoms with Crippen molar-refractivity contribution in [2.75, 3.05) is 54.5 Å². The molecule has 0 aliphatic carbocycles. The van der Waals surface area contributed by atoms with Crippen LogP contribution in [-0.4, -0.2) is 59.7 Å². The number of aliphatic hydroxyl groups is 1. The molecule has 0 saturated heterocycles. The zero-order valence-corrected chi connectivity index (χ0v) is 8.62. The number of rotatable bonds is 7. The van der Waals surface area contributed by atoms with Gasteiger partial charge in [-0.1, -0.05) is 0 Å². The Morgan fingerprint density at radius 1 is 0.846 bits per heavy atom. The van der Waals surface area contributed by atoms with Crippen LogP contribution in [0.25, 0.3) is 0 Å². The zero-order valence-electron chi connectivity index (χ0n) is 8.62. The maximum atomic E-state index is 8.20. The summed E-state index contributed by atoms with van der Waals surface area (Å²) in [6.45, 7) is 2.05. The van der Waals surface area contributed by atoms with Gasteiger partial charge in [-0.05, 0) is 0 Å². The second kappa shape index (κ2) is 17.8. The summed E-state index contributed by atoms with van der Waals surface area (Å²) < 4.78 is 18.5. The van der Waals surface area contributed by atoms with Crippen LogP contribution < -0.4 is 0 Å². The van der Waals surface area contributed by atoms with E-state index in [0.29, 0.717) is 26.6 Å². The second-order valence-corrected chi connectivity index (χ2v) is 2.02. The average molecular weight is 196 g/mol. The molecule has 0 aromatic heterocycles. The minimum atomic E-state index is 0.0870. The van der Waals surface area contributed by atoms with Gasteiger partial charge in [0.15, 0.2) is 0 Å². The molecule has 1 N–H and O–H groups in total. The van der Waals surface area contributed by atoms with Gasteiger partial charge in [-0.15, -0.1) is 0 Å². The van der Waals surface area contributed by atoms with Crippen molar-refractivity contribution in [3.8, 4) is 0 Å². The first-order valence-electron chi connectivity index (χ1n) is 3.98. The third kappa shape index (κ3) is 24.5. The number of hydrogen-bond donors (Lipinski definition) is 1. The molecule has 0 heterocycles. The predicted molar refractivity (Wildman–Crippen MR) is 48.7 cm³/mol. The molecule has 0 radical (unpaired) electrons. The predicted octanol–water partition coefficient (Wildman–Crippen LogP) is -0.122. The lowest BCUT2D eigenvalue weighted by Gasteiger charge is -1.98. The van der Waals surface area contributed by atoms with Crippen molar-refractivity contribution in [1.82, 2.24) is 0 Å². The van der Waals surface area contributed by atoms with Gasteiger partial charge in [0.1, 0.15) is 6.79 Å². The Balaban J connectivity index is 0. The topological polar surface area (TPSA) is 57.2 Å². The first kappa shape index (κ1) is 15.3. The van der Waals surface area contributed by atoms with Gasteiger partial charge in [-0.2, -0.15) is 0 Å². The van der Waals surface area contributed by atoms with Crippen molar-refractivity contribution in [1.29, 1.82) is 0 Å². The van der Waals surface area contributed by atoms with Crippen molar-refractivity contribution < 1.29 is 24.1 Å². The Labute approximate surface area is 79.5 Å². The molecule has 5 nitrogen and oxygen atoms in total. The minimum absolute atomic E-state index is 0.0870. The molecule has 0 amide bonds. The lowest BCUT2D eigenvalue weighted by molar-refractivity contribution is -0.00271. The molecule has 0 aromatic rings. The number of methoxy groups -OCH3 is 3. The number of hydrogen-bond acceptors (Lipinski definition) is 5. The minimum Gasteiger partial charge on any atom is -0.394 e. The largest absolute Gasteiger partial charge is 0.394 e. The van der Waals surface area contributed by atoms with Crippen molar-refractivity contribution in [2.24, 2.45) is 0 Å². The summed E-state index contributed by atoms with van der Waals surface area (Å²) in [4.78, 5) is 0. The average Bonchev–Trinajstić information content (AvgIpc) is 2.15. The van der Waals surface area contributed by atoms with Gasteiger partial charge in [0, 0.05) is 21.3 Å². The fraction of sp³-hybridized carbons (Fsp3) is 1.00. The monoisotopic (exact) mass is 196 g/mol. The van der Waals surface area contributed by atoms with Crippen LogP contribution in [0.1, 0.15) is 0 Å². The molecule has 0 atom stereocenters. The highest BCUT2D eigenvalue weighted by Crippen LogP contribution is 1.72. The lowest BCUT2D eigenvalue weighted by atomic mass is 10.7. The Kier molecular flexibility index (Phi) is 20.9. The Bertz CT molecular complexity index is 61.6. The van der Waals surface area contributed by atoms with Gasteiger partial charge in [-0.25, -0.2) is 0 Å². The van der Waals surface area contributed by atoms with Crippen LogP contribution in [0.5, 0.6) is 0 Å². The molecule has 0 aromatic carbocycles. The van der Waals surface area contributed by atoms with Crippen molar-refractivity contribution >= 4 is 0 Å². The van der Waals surface area contributed by atoms with Crippen molar-refractivity contribution in [3.05, 3.63) is 0 Å². The zero-order chi connectivity index (χ0) is 10.4. The summed E-state index contributed by atoms with van der Waals surface area (Å²) >= 11 is 0. The molecule has 82 valence electrons. The van der Waals surface area contributed by atoms with E-state index in [1.54, 1.807) is 21.3 Å². The molecule has 0 unspecified atom stereocenters. The van der Waals surface area contributed by atoms with Crippen molar-refractivity contribution in [2.45, 2.75) is 0 Å². The molecule has 0 saturated carbocycles. The highest BCUT2D eigenvalue weighted by molar-refractivity contribution is 4.26. The van der Waals surface area contributed by atoms with E-state index in [9.17, 15) is 0 Å². The van der Waals surface area contributed by atoms with E-state index in [1.807, 2.05) is 0 Å². The highest BCUT2D eigenvalue weighted by atomic mass is 16.6. The maximum absolute atomic E-state index is 8.20. The quantitative estimate of drug-likeness (QED) is 0.454. The first-order chi connectivity index (χ1) is 6.33. The van der Waals surface area contributed by atoms with E-state index in [2.05, 4.69) is 14.2 Å². The second-order valence-electron chi connectivity index (χ2n) is 2.02. The number of aliphatic hydroxyl groups excluding tert-OH is 1. The van der Waals surface area contributed by atoms with Crippen LogP contribution >= 0.6 is 0 Å². The third-order valence-electron chi connectivity index (χ3n) is 0.903. The SMILES string of the molecule is COCCOCCO.COCOC. The van der Waals surface area contributed by atoms with E-state index in [1.165, 1.54) is 0 Å². The highest BCUT2D eigenvalue weighted by Gasteiger charge is 1.82. The summed E-state index contributed by atoms with van der Waals surface area (Å²) in [5.74, 6) is 0. The number of ether oxygens (including phenoxy) is 4. The molecular weight excluding hydrogens is 176 g/mol. The van der Waals surface area contributed by atoms with Gasteiger partial charge in [0.05, 0.1) is 26.4 Å². The molecule has 13 heavy (non-hydrogen) atoms. The van der Waals surface area contributed by atoms with E-state index in [0.717, 1.165) is 0 Å². The standard InChI is InChI=1S/C5H12O3.C3H8O2/c1-7-4-5-8-3-2-6;1-4-3-5-2/h6H,2-5H2,1H3;3H2,1-2H3. The summed E-state index contributed by atoms with van der Waals surface area (Å²) in [6, 6.07) is 0. The van der Waals surface area contributed by atoms with Crippen molar-refractivity contribution in [3.63, 3.8) is 0 Å². The fourth-order valence-electron chi connectivity index (χ4n) is 0.427.